The summed E-state index contributed by atoms with van der Waals surface area (Å²) in [7, 11) is 3.99. The Labute approximate surface area is 114 Å². The van der Waals surface area contributed by atoms with E-state index in [1.54, 1.807) is 0 Å². The normalized spacial score (nSPS) is 10.8. The van der Waals surface area contributed by atoms with Crippen LogP contribution in [0.5, 0.6) is 0 Å². The van der Waals surface area contributed by atoms with Gasteiger partial charge in [0.15, 0.2) is 0 Å². The van der Waals surface area contributed by atoms with Crippen LogP contribution >= 0.6 is 0 Å². The second kappa shape index (κ2) is 5.40. The van der Waals surface area contributed by atoms with Gasteiger partial charge in [-0.3, -0.25) is 9.67 Å². The lowest BCUT2D eigenvalue weighted by Crippen LogP contribution is -2.22. The highest BCUT2D eigenvalue weighted by Crippen LogP contribution is 2.22. The molecule has 0 aromatic carbocycles. The number of rotatable bonds is 4. The Bertz CT molecular complexity index is 573. The first-order valence-electron chi connectivity index (χ1n) is 6.39. The van der Waals surface area contributed by atoms with Crippen molar-refractivity contribution in [3.05, 3.63) is 40.8 Å². The van der Waals surface area contributed by atoms with Crippen molar-refractivity contribution in [1.29, 1.82) is 0 Å². The minimum absolute atomic E-state index is 0.501. The van der Waals surface area contributed by atoms with Crippen molar-refractivity contribution in [3.8, 4) is 0 Å². The summed E-state index contributed by atoms with van der Waals surface area (Å²) < 4.78 is 1.88. The number of hydrogen-bond acceptors (Lipinski definition) is 4. The van der Waals surface area contributed by atoms with Crippen molar-refractivity contribution < 1.29 is 0 Å². The molecule has 0 unspecified atom stereocenters. The topological polar surface area (TPSA) is 60.0 Å². The summed E-state index contributed by atoms with van der Waals surface area (Å²) in [6, 6.07) is 6.07. The Hall–Kier alpha value is -1.88. The zero-order chi connectivity index (χ0) is 14.0. The Kier molecular flexibility index (Phi) is 3.85. The standard InChI is InChI=1S/C14H21N5/c1-10-6-5-7-12(16-10)9-18(3)14-13(8-15)11(2)17-19(14)4/h5-7H,8-9,15H2,1-4H3. The number of anilines is 1. The van der Waals surface area contributed by atoms with Gasteiger partial charge in [0.2, 0.25) is 0 Å². The highest BCUT2D eigenvalue weighted by Gasteiger charge is 2.16. The van der Waals surface area contributed by atoms with Crippen molar-refractivity contribution >= 4 is 5.82 Å². The molecule has 102 valence electrons. The van der Waals surface area contributed by atoms with Crippen LogP contribution in [-0.4, -0.2) is 21.8 Å². The second-order valence-electron chi connectivity index (χ2n) is 4.84. The fourth-order valence-corrected chi connectivity index (χ4v) is 2.41. The average molecular weight is 259 g/mol. The molecule has 0 spiro atoms. The summed E-state index contributed by atoms with van der Waals surface area (Å²) in [5.41, 5.74) is 9.99. The molecule has 0 amide bonds. The smallest absolute Gasteiger partial charge is 0.131 e. The lowest BCUT2D eigenvalue weighted by Gasteiger charge is -2.20. The molecule has 2 aromatic heterocycles. The monoisotopic (exact) mass is 259 g/mol. The maximum Gasteiger partial charge on any atom is 0.131 e. The lowest BCUT2D eigenvalue weighted by atomic mass is 10.2. The van der Waals surface area contributed by atoms with Crippen LogP contribution < -0.4 is 10.6 Å². The minimum Gasteiger partial charge on any atom is -0.354 e. The lowest BCUT2D eigenvalue weighted by molar-refractivity contribution is 0.721. The number of hydrogen-bond donors (Lipinski definition) is 1. The van der Waals surface area contributed by atoms with Crippen molar-refractivity contribution in [2.24, 2.45) is 12.8 Å². The molecule has 0 saturated carbocycles. The quantitative estimate of drug-likeness (QED) is 0.904. The van der Waals surface area contributed by atoms with Crippen molar-refractivity contribution in [3.63, 3.8) is 0 Å². The van der Waals surface area contributed by atoms with E-state index in [2.05, 4.69) is 15.0 Å². The molecular formula is C14H21N5. The fraction of sp³-hybridized carbons (Fsp3) is 0.429. The minimum atomic E-state index is 0.501. The summed E-state index contributed by atoms with van der Waals surface area (Å²) in [5, 5.41) is 4.44. The van der Waals surface area contributed by atoms with Crippen LogP contribution in [0.15, 0.2) is 18.2 Å². The summed E-state index contributed by atoms with van der Waals surface area (Å²) in [5.74, 6) is 1.06. The van der Waals surface area contributed by atoms with E-state index in [1.807, 2.05) is 50.8 Å². The molecule has 5 heteroatoms. The molecule has 0 aliphatic heterocycles. The largest absolute Gasteiger partial charge is 0.354 e. The van der Waals surface area contributed by atoms with Gasteiger partial charge in [-0.05, 0) is 26.0 Å². The Morgan fingerprint density at radius 3 is 2.68 bits per heavy atom. The fourth-order valence-electron chi connectivity index (χ4n) is 2.41. The first kappa shape index (κ1) is 13.5. The van der Waals surface area contributed by atoms with E-state index in [0.717, 1.165) is 35.0 Å². The number of aromatic nitrogens is 3. The van der Waals surface area contributed by atoms with E-state index >= 15 is 0 Å². The van der Waals surface area contributed by atoms with Gasteiger partial charge in [0.25, 0.3) is 0 Å². The molecule has 2 N–H and O–H groups in total. The third-order valence-corrected chi connectivity index (χ3v) is 3.22. The maximum atomic E-state index is 5.82. The Morgan fingerprint density at radius 2 is 2.05 bits per heavy atom. The predicted octanol–water partition coefficient (Wildman–Crippen LogP) is 1.53. The summed E-state index contributed by atoms with van der Waals surface area (Å²) in [6.07, 6.45) is 0. The van der Waals surface area contributed by atoms with Crippen molar-refractivity contribution in [2.75, 3.05) is 11.9 Å². The predicted molar refractivity (Wildman–Crippen MR) is 76.9 cm³/mol. The Balaban J connectivity index is 2.27. The van der Waals surface area contributed by atoms with Crippen LogP contribution in [-0.2, 0) is 20.1 Å². The van der Waals surface area contributed by atoms with Crippen LogP contribution in [0.3, 0.4) is 0 Å². The third-order valence-electron chi connectivity index (χ3n) is 3.22. The molecule has 0 fully saturated rings. The van der Waals surface area contributed by atoms with E-state index in [0.29, 0.717) is 6.54 Å². The van der Waals surface area contributed by atoms with Gasteiger partial charge >= 0.3 is 0 Å². The van der Waals surface area contributed by atoms with E-state index in [9.17, 15) is 0 Å². The number of nitrogens with zero attached hydrogens (tertiary/aromatic N) is 4. The third kappa shape index (κ3) is 2.76. The van der Waals surface area contributed by atoms with Crippen LogP contribution in [0.1, 0.15) is 22.6 Å². The van der Waals surface area contributed by atoms with Crippen LogP contribution in [0.4, 0.5) is 5.82 Å². The number of pyridine rings is 1. The second-order valence-corrected chi connectivity index (χ2v) is 4.84. The molecule has 2 rings (SSSR count). The summed E-state index contributed by atoms with van der Waals surface area (Å²) >= 11 is 0. The number of aryl methyl sites for hydroxylation is 3. The number of nitrogens with two attached hydrogens (primary N) is 1. The SMILES string of the molecule is Cc1cccc(CN(C)c2c(CN)c(C)nn2C)n1. The first-order chi connectivity index (χ1) is 9.02. The average Bonchev–Trinajstić information content (AvgIpc) is 2.63. The molecule has 0 radical (unpaired) electrons. The van der Waals surface area contributed by atoms with Crippen molar-refractivity contribution in [1.82, 2.24) is 14.8 Å². The van der Waals surface area contributed by atoms with Gasteiger partial charge in [0.05, 0.1) is 17.9 Å². The molecule has 0 aliphatic rings. The van der Waals surface area contributed by atoms with Crippen LogP contribution in [0.25, 0.3) is 0 Å². The van der Waals surface area contributed by atoms with Gasteiger partial charge in [0, 0.05) is 31.9 Å². The van der Waals surface area contributed by atoms with Gasteiger partial charge in [-0.1, -0.05) is 6.07 Å². The van der Waals surface area contributed by atoms with Crippen LogP contribution in [0, 0.1) is 13.8 Å². The van der Waals surface area contributed by atoms with Crippen molar-refractivity contribution in [2.45, 2.75) is 26.9 Å². The molecule has 0 atom stereocenters. The van der Waals surface area contributed by atoms with E-state index in [1.165, 1.54) is 0 Å². The molecule has 2 aromatic rings. The van der Waals surface area contributed by atoms with Crippen LogP contribution in [0.2, 0.25) is 0 Å². The van der Waals surface area contributed by atoms with Gasteiger partial charge in [-0.25, -0.2) is 0 Å². The molecular weight excluding hydrogens is 238 g/mol. The zero-order valence-corrected chi connectivity index (χ0v) is 12.0. The molecule has 0 saturated heterocycles. The van der Waals surface area contributed by atoms with E-state index < -0.39 is 0 Å². The van der Waals surface area contributed by atoms with E-state index in [4.69, 9.17) is 5.73 Å². The highest BCUT2D eigenvalue weighted by atomic mass is 15.4. The highest BCUT2D eigenvalue weighted by molar-refractivity contribution is 5.49. The van der Waals surface area contributed by atoms with E-state index in [-0.39, 0.29) is 0 Å². The molecule has 2 heterocycles. The van der Waals surface area contributed by atoms with Gasteiger partial charge < -0.3 is 10.6 Å². The Morgan fingerprint density at radius 1 is 1.32 bits per heavy atom. The summed E-state index contributed by atoms with van der Waals surface area (Å²) in [6.45, 7) is 5.24. The molecule has 0 bridgehead atoms. The molecule has 5 nitrogen and oxygen atoms in total. The molecule has 19 heavy (non-hydrogen) atoms. The molecule has 0 aliphatic carbocycles. The van der Waals surface area contributed by atoms with Gasteiger partial charge in [-0.2, -0.15) is 5.10 Å². The maximum absolute atomic E-state index is 5.82. The van der Waals surface area contributed by atoms with Gasteiger partial charge in [-0.15, -0.1) is 0 Å². The summed E-state index contributed by atoms with van der Waals surface area (Å²) in [4.78, 5) is 6.67. The first-order valence-corrected chi connectivity index (χ1v) is 6.39. The van der Waals surface area contributed by atoms with Gasteiger partial charge in [0.1, 0.15) is 5.82 Å². The zero-order valence-electron chi connectivity index (χ0n) is 12.0.